The number of anilines is 2. The summed E-state index contributed by atoms with van der Waals surface area (Å²) in [5, 5.41) is 7.34. The molecule has 4 aromatic rings. The highest BCUT2D eigenvalue weighted by molar-refractivity contribution is 9.11. The Hall–Kier alpha value is -2.40. The third-order valence-corrected chi connectivity index (χ3v) is 7.20. The minimum absolute atomic E-state index is 0.157. The maximum absolute atomic E-state index is 12.6. The molecule has 0 aliphatic rings. The van der Waals surface area contributed by atoms with Crippen molar-refractivity contribution in [2.45, 2.75) is 0 Å². The van der Waals surface area contributed by atoms with E-state index < -0.39 is 0 Å². The van der Waals surface area contributed by atoms with Crippen LogP contribution in [0.1, 0.15) is 0 Å². The Kier molecular flexibility index (Phi) is 9.05. The maximum atomic E-state index is 12.6. The van der Waals surface area contributed by atoms with Crippen LogP contribution >= 0.6 is 63.7 Å². The third kappa shape index (κ3) is 6.88. The highest BCUT2D eigenvalue weighted by atomic mass is 79.9. The van der Waals surface area contributed by atoms with E-state index in [1.54, 1.807) is 24.3 Å². The summed E-state index contributed by atoms with van der Waals surface area (Å²) in [6.45, 7) is -0.313. The summed E-state index contributed by atoms with van der Waals surface area (Å²) in [4.78, 5) is 25.2. The lowest BCUT2D eigenvalue weighted by atomic mass is 10.1. The number of hydrogen-bond donors (Lipinski definition) is 2. The first kappa shape index (κ1) is 26.7. The van der Waals surface area contributed by atoms with E-state index in [1.807, 2.05) is 48.5 Å². The molecule has 0 unspecified atom stereocenters. The molecule has 36 heavy (non-hydrogen) atoms. The highest BCUT2D eigenvalue weighted by Gasteiger charge is 2.12. The summed E-state index contributed by atoms with van der Waals surface area (Å²) in [6, 6.07) is 21.9. The minimum Gasteiger partial charge on any atom is -0.483 e. The average Bonchev–Trinajstić information content (AvgIpc) is 2.83. The van der Waals surface area contributed by atoms with Crippen molar-refractivity contribution in [1.29, 1.82) is 0 Å². The molecule has 2 amide bonds. The number of carbonyl (C=O) groups is 2. The molecule has 10 heteroatoms. The number of carbonyl (C=O) groups excluding carboxylic acids is 2. The normalized spacial score (nSPS) is 10.7. The monoisotopic (exact) mass is 738 g/mol. The van der Waals surface area contributed by atoms with Gasteiger partial charge in [-0.15, -0.1) is 0 Å². The van der Waals surface area contributed by atoms with Gasteiger partial charge in [-0.3, -0.25) is 9.59 Å². The van der Waals surface area contributed by atoms with E-state index >= 15 is 0 Å². The molecule has 0 atom stereocenters. The second-order valence-corrected chi connectivity index (χ2v) is 11.1. The van der Waals surface area contributed by atoms with Gasteiger partial charge in [-0.05, 0) is 80.4 Å². The molecule has 0 aliphatic carbocycles. The van der Waals surface area contributed by atoms with Gasteiger partial charge in [0.25, 0.3) is 11.8 Å². The summed E-state index contributed by atoms with van der Waals surface area (Å²) >= 11 is 13.6. The van der Waals surface area contributed by atoms with Gasteiger partial charge in [-0.1, -0.05) is 56.1 Å². The summed E-state index contributed by atoms with van der Waals surface area (Å²) < 4.78 is 14.6. The lowest BCUT2D eigenvalue weighted by Gasteiger charge is -2.14. The Morgan fingerprint density at radius 2 is 1.03 bits per heavy atom. The van der Waals surface area contributed by atoms with Crippen LogP contribution in [0, 0.1) is 0 Å². The second kappa shape index (κ2) is 12.2. The minimum atomic E-state index is -0.305. The van der Waals surface area contributed by atoms with E-state index in [4.69, 9.17) is 9.47 Å². The molecule has 0 radical (unpaired) electrons. The molecule has 0 aromatic heterocycles. The third-order valence-electron chi connectivity index (χ3n) is 4.98. The van der Waals surface area contributed by atoms with Gasteiger partial charge < -0.3 is 20.1 Å². The molecule has 0 heterocycles. The Morgan fingerprint density at radius 1 is 0.611 bits per heavy atom. The number of benzene rings is 4. The smallest absolute Gasteiger partial charge is 0.262 e. The zero-order chi connectivity index (χ0) is 25.7. The fourth-order valence-corrected chi connectivity index (χ4v) is 5.69. The predicted octanol–water partition coefficient (Wildman–Crippen LogP) is 7.92. The molecule has 4 rings (SSSR count). The van der Waals surface area contributed by atoms with Gasteiger partial charge in [-0.2, -0.15) is 0 Å². The second-order valence-electron chi connectivity index (χ2n) is 7.53. The molecule has 2 N–H and O–H groups in total. The number of hydrogen-bond acceptors (Lipinski definition) is 4. The SMILES string of the molecule is O=C(COc1ccc(Br)cc1Br)Nc1cccc2c(NC(=O)COc3ccc(Br)cc3Br)cccc12. The zero-order valence-electron chi connectivity index (χ0n) is 18.5. The first-order valence-corrected chi connectivity index (χ1v) is 13.7. The van der Waals surface area contributed by atoms with Crippen LogP contribution in [-0.4, -0.2) is 25.0 Å². The number of ether oxygens (including phenoxy) is 2. The number of fused-ring (bicyclic) bond motifs is 1. The van der Waals surface area contributed by atoms with Crippen molar-refractivity contribution in [3.63, 3.8) is 0 Å². The fraction of sp³-hybridized carbons (Fsp3) is 0.0769. The Morgan fingerprint density at radius 3 is 1.42 bits per heavy atom. The predicted molar refractivity (Wildman–Crippen MR) is 156 cm³/mol. The van der Waals surface area contributed by atoms with E-state index in [0.717, 1.165) is 28.7 Å². The van der Waals surface area contributed by atoms with Crippen molar-refractivity contribution in [3.05, 3.63) is 90.7 Å². The number of nitrogens with one attached hydrogen (secondary N) is 2. The average molecular weight is 742 g/mol. The van der Waals surface area contributed by atoms with Crippen molar-refractivity contribution in [3.8, 4) is 11.5 Å². The quantitative estimate of drug-likeness (QED) is 0.193. The topological polar surface area (TPSA) is 76.7 Å². The molecule has 6 nitrogen and oxygen atoms in total. The molecule has 0 saturated carbocycles. The maximum Gasteiger partial charge on any atom is 0.262 e. The van der Waals surface area contributed by atoms with Crippen molar-refractivity contribution >= 4 is 97.7 Å². The van der Waals surface area contributed by atoms with Crippen LogP contribution in [0.4, 0.5) is 11.4 Å². The number of rotatable bonds is 8. The molecule has 4 aromatic carbocycles. The number of amides is 2. The van der Waals surface area contributed by atoms with Crippen LogP contribution in [0.2, 0.25) is 0 Å². The molecule has 0 saturated heterocycles. The van der Waals surface area contributed by atoms with E-state index in [9.17, 15) is 9.59 Å². The summed E-state index contributed by atoms with van der Waals surface area (Å²) in [6.07, 6.45) is 0. The van der Waals surface area contributed by atoms with E-state index in [0.29, 0.717) is 22.9 Å². The summed E-state index contributed by atoms with van der Waals surface area (Å²) in [7, 11) is 0. The van der Waals surface area contributed by atoms with Crippen LogP contribution in [0.15, 0.2) is 90.7 Å². The van der Waals surface area contributed by atoms with Gasteiger partial charge in [0, 0.05) is 31.1 Å². The van der Waals surface area contributed by atoms with Crippen LogP contribution in [0.5, 0.6) is 11.5 Å². The summed E-state index contributed by atoms with van der Waals surface area (Å²) in [5.41, 5.74) is 1.23. The number of halogens is 4. The van der Waals surface area contributed by atoms with Gasteiger partial charge >= 0.3 is 0 Å². The Labute approximate surface area is 241 Å². The van der Waals surface area contributed by atoms with Gasteiger partial charge in [0.2, 0.25) is 0 Å². The first-order valence-electron chi connectivity index (χ1n) is 10.6. The van der Waals surface area contributed by atoms with Gasteiger partial charge in [-0.25, -0.2) is 0 Å². The van der Waals surface area contributed by atoms with Crippen molar-refractivity contribution in [2.75, 3.05) is 23.8 Å². The fourth-order valence-electron chi connectivity index (χ4n) is 3.37. The van der Waals surface area contributed by atoms with Crippen molar-refractivity contribution in [1.82, 2.24) is 0 Å². The lowest BCUT2D eigenvalue weighted by Crippen LogP contribution is -2.21. The largest absolute Gasteiger partial charge is 0.483 e. The van der Waals surface area contributed by atoms with E-state index in [-0.39, 0.29) is 25.0 Å². The van der Waals surface area contributed by atoms with Crippen LogP contribution < -0.4 is 20.1 Å². The van der Waals surface area contributed by atoms with E-state index in [1.165, 1.54) is 0 Å². The van der Waals surface area contributed by atoms with Crippen LogP contribution in [0.25, 0.3) is 10.8 Å². The van der Waals surface area contributed by atoms with Crippen LogP contribution in [-0.2, 0) is 9.59 Å². The molecule has 0 fully saturated rings. The lowest BCUT2D eigenvalue weighted by molar-refractivity contribution is -0.118. The molecule has 0 aliphatic heterocycles. The van der Waals surface area contributed by atoms with Crippen LogP contribution in [0.3, 0.4) is 0 Å². The van der Waals surface area contributed by atoms with Crippen molar-refractivity contribution in [2.24, 2.45) is 0 Å². The van der Waals surface area contributed by atoms with Gasteiger partial charge in [0.1, 0.15) is 11.5 Å². The first-order chi connectivity index (χ1) is 17.3. The standard InChI is InChI=1S/C26H18Br4N2O4/c27-15-7-9-23(19(29)11-15)35-13-25(33)31-21-5-1-3-17-18(21)4-2-6-22(17)32-26(34)14-36-24-10-8-16(28)12-20(24)30/h1-12H,13-14H2,(H,31,33)(H,32,34). The van der Waals surface area contributed by atoms with Gasteiger partial charge in [0.05, 0.1) is 8.95 Å². The van der Waals surface area contributed by atoms with E-state index in [2.05, 4.69) is 74.4 Å². The van der Waals surface area contributed by atoms with Crippen molar-refractivity contribution < 1.29 is 19.1 Å². The molecule has 184 valence electrons. The zero-order valence-corrected chi connectivity index (χ0v) is 24.8. The molecule has 0 bridgehead atoms. The summed E-state index contributed by atoms with van der Waals surface area (Å²) in [5.74, 6) is 0.516. The molecular formula is C26H18Br4N2O4. The Balaban J connectivity index is 1.42. The highest BCUT2D eigenvalue weighted by Crippen LogP contribution is 2.31. The Bertz CT molecular complexity index is 1340. The van der Waals surface area contributed by atoms with Gasteiger partial charge in [0.15, 0.2) is 13.2 Å². The molecule has 0 spiro atoms. The molecular weight excluding hydrogens is 724 g/mol.